The van der Waals surface area contributed by atoms with Crippen LogP contribution < -0.4 is 9.62 Å². The molecular weight excluding hydrogens is 665 g/mol. The first-order chi connectivity index (χ1) is 21.9. The van der Waals surface area contributed by atoms with Crippen molar-refractivity contribution in [3.63, 3.8) is 0 Å². The average molecular weight is 701 g/mol. The number of hydrogen-bond acceptors (Lipinski definition) is 4. The Morgan fingerprint density at radius 1 is 0.848 bits per heavy atom. The molecule has 0 fully saturated rings. The molecule has 46 heavy (non-hydrogen) atoms. The van der Waals surface area contributed by atoms with Gasteiger partial charge in [-0.3, -0.25) is 13.9 Å². The molecule has 4 rings (SSSR count). The molecule has 0 radical (unpaired) electrons. The molecule has 0 spiro atoms. The third-order valence-corrected chi connectivity index (χ3v) is 10.4. The summed E-state index contributed by atoms with van der Waals surface area (Å²) in [6.45, 7) is 5.02. The van der Waals surface area contributed by atoms with E-state index >= 15 is 0 Å². The number of hydrogen-bond donors (Lipinski definition) is 1. The fourth-order valence-corrected chi connectivity index (χ4v) is 6.95. The van der Waals surface area contributed by atoms with Crippen LogP contribution in [0.15, 0.2) is 102 Å². The molecule has 1 N–H and O–H groups in total. The van der Waals surface area contributed by atoms with Crippen LogP contribution in [0.3, 0.4) is 0 Å². The third-order valence-electron chi connectivity index (χ3n) is 7.60. The van der Waals surface area contributed by atoms with E-state index in [-0.39, 0.29) is 45.5 Å². The van der Waals surface area contributed by atoms with E-state index in [1.54, 1.807) is 42.5 Å². The van der Waals surface area contributed by atoms with Gasteiger partial charge in [0.15, 0.2) is 0 Å². The summed E-state index contributed by atoms with van der Waals surface area (Å²) in [7, 11) is -4.32. The molecular formula is C35H36Cl3N3O4S. The van der Waals surface area contributed by atoms with Gasteiger partial charge in [-0.2, -0.15) is 0 Å². The van der Waals surface area contributed by atoms with E-state index in [4.69, 9.17) is 34.8 Å². The average Bonchev–Trinajstić information content (AvgIpc) is 3.03. The van der Waals surface area contributed by atoms with Crippen LogP contribution in [0.5, 0.6) is 0 Å². The second-order valence-corrected chi connectivity index (χ2v) is 14.2. The Kier molecular flexibility index (Phi) is 12.1. The van der Waals surface area contributed by atoms with Gasteiger partial charge in [-0.1, -0.05) is 108 Å². The van der Waals surface area contributed by atoms with E-state index in [1.165, 1.54) is 29.2 Å². The first-order valence-electron chi connectivity index (χ1n) is 14.8. The Morgan fingerprint density at radius 3 is 2.15 bits per heavy atom. The van der Waals surface area contributed by atoms with Crippen molar-refractivity contribution in [2.75, 3.05) is 10.8 Å². The second kappa shape index (κ2) is 15.8. The molecule has 242 valence electrons. The summed E-state index contributed by atoms with van der Waals surface area (Å²) >= 11 is 19.2. The minimum absolute atomic E-state index is 0.00742. The summed E-state index contributed by atoms with van der Waals surface area (Å²) in [5.41, 5.74) is 2.40. The topological polar surface area (TPSA) is 86.8 Å². The number of carbonyl (C=O) groups is 2. The fraction of sp³-hybridized carbons (Fsp3) is 0.257. The van der Waals surface area contributed by atoms with Crippen molar-refractivity contribution in [3.05, 3.63) is 129 Å². The lowest BCUT2D eigenvalue weighted by atomic mass is 10.0. The maximum atomic E-state index is 14.6. The van der Waals surface area contributed by atoms with Crippen LogP contribution in [0, 0.1) is 6.92 Å². The summed E-state index contributed by atoms with van der Waals surface area (Å²) in [6.07, 6.45) is 0.875. The number of nitrogens with one attached hydrogen (secondary N) is 1. The highest BCUT2D eigenvalue weighted by molar-refractivity contribution is 7.92. The molecule has 4 aromatic rings. The van der Waals surface area contributed by atoms with Crippen molar-refractivity contribution in [1.82, 2.24) is 10.2 Å². The van der Waals surface area contributed by atoms with E-state index < -0.39 is 28.5 Å². The Bertz CT molecular complexity index is 1770. The Labute approximate surface area is 286 Å². The molecule has 2 atom stereocenters. The highest BCUT2D eigenvalue weighted by atomic mass is 35.5. The predicted molar refractivity (Wildman–Crippen MR) is 186 cm³/mol. The van der Waals surface area contributed by atoms with Gasteiger partial charge in [0.05, 0.1) is 20.6 Å². The van der Waals surface area contributed by atoms with Crippen molar-refractivity contribution in [1.29, 1.82) is 0 Å². The summed E-state index contributed by atoms with van der Waals surface area (Å²) in [6, 6.07) is 26.1. The molecule has 0 bridgehead atoms. The molecule has 0 saturated carbocycles. The molecule has 0 aliphatic rings. The van der Waals surface area contributed by atoms with Crippen molar-refractivity contribution in [2.24, 2.45) is 0 Å². The van der Waals surface area contributed by atoms with E-state index in [0.717, 1.165) is 15.4 Å². The molecule has 0 saturated heterocycles. The molecule has 11 heteroatoms. The summed E-state index contributed by atoms with van der Waals surface area (Å²) in [4.78, 5) is 29.9. The van der Waals surface area contributed by atoms with Crippen LogP contribution in [0.2, 0.25) is 15.1 Å². The quantitative estimate of drug-likeness (QED) is 0.155. The predicted octanol–water partition coefficient (Wildman–Crippen LogP) is 7.71. The lowest BCUT2D eigenvalue weighted by Crippen LogP contribution is -2.54. The van der Waals surface area contributed by atoms with Crippen LogP contribution >= 0.6 is 34.8 Å². The minimum Gasteiger partial charge on any atom is -0.352 e. The molecule has 2 unspecified atom stereocenters. The largest absolute Gasteiger partial charge is 0.352 e. The lowest BCUT2D eigenvalue weighted by Gasteiger charge is -2.34. The number of benzene rings is 4. The van der Waals surface area contributed by atoms with Gasteiger partial charge in [0, 0.05) is 24.0 Å². The molecule has 0 heterocycles. The molecule has 2 amide bonds. The Hall–Kier alpha value is -3.56. The number of nitrogens with zero attached hydrogens (tertiary/aromatic N) is 2. The van der Waals surface area contributed by atoms with Crippen LogP contribution in [0.25, 0.3) is 0 Å². The van der Waals surface area contributed by atoms with Gasteiger partial charge in [-0.05, 0) is 67.8 Å². The van der Waals surface area contributed by atoms with Crippen LogP contribution in [0.1, 0.15) is 37.0 Å². The van der Waals surface area contributed by atoms with Crippen LogP contribution in [-0.2, 0) is 32.6 Å². The van der Waals surface area contributed by atoms with Crippen molar-refractivity contribution in [3.8, 4) is 0 Å². The summed E-state index contributed by atoms with van der Waals surface area (Å²) < 4.78 is 29.4. The zero-order valence-electron chi connectivity index (χ0n) is 25.8. The number of halogens is 3. The van der Waals surface area contributed by atoms with E-state index in [9.17, 15) is 18.0 Å². The first-order valence-corrected chi connectivity index (χ1v) is 17.4. The van der Waals surface area contributed by atoms with Gasteiger partial charge in [-0.25, -0.2) is 8.42 Å². The molecule has 4 aromatic carbocycles. The van der Waals surface area contributed by atoms with Gasteiger partial charge < -0.3 is 10.2 Å². The highest BCUT2D eigenvalue weighted by Gasteiger charge is 2.35. The molecule has 0 aliphatic carbocycles. The molecule has 7 nitrogen and oxygen atoms in total. The number of amides is 2. The lowest BCUT2D eigenvalue weighted by molar-refractivity contribution is -0.140. The Morgan fingerprint density at radius 2 is 1.50 bits per heavy atom. The standard InChI is InChI=1S/C35H36Cl3N3O4S/c1-4-25(3)39-35(43)32(21-26-10-6-5-7-11-26)40(22-27-12-8-13-28(36)20-27)33(42)23-41(31-15-9-14-30(37)34(31)38)46(44,45)29-18-16-24(2)17-19-29/h5-20,25,32H,4,21-23H2,1-3H3,(H,39,43). The maximum Gasteiger partial charge on any atom is 0.264 e. The van der Waals surface area contributed by atoms with E-state index in [0.29, 0.717) is 17.0 Å². The van der Waals surface area contributed by atoms with Crippen LogP contribution in [0.4, 0.5) is 5.69 Å². The monoisotopic (exact) mass is 699 g/mol. The Balaban J connectivity index is 1.84. The normalized spacial score (nSPS) is 12.7. The van der Waals surface area contributed by atoms with E-state index in [1.807, 2.05) is 51.1 Å². The summed E-state index contributed by atoms with van der Waals surface area (Å²) in [5.74, 6) is -0.978. The molecule has 0 aromatic heterocycles. The van der Waals surface area contributed by atoms with Gasteiger partial charge in [0.2, 0.25) is 11.8 Å². The smallest absolute Gasteiger partial charge is 0.264 e. The molecule has 0 aliphatic heterocycles. The first kappa shape index (κ1) is 35.3. The highest BCUT2D eigenvalue weighted by Crippen LogP contribution is 2.35. The van der Waals surface area contributed by atoms with Crippen molar-refractivity contribution >= 4 is 62.3 Å². The summed E-state index contributed by atoms with van der Waals surface area (Å²) in [5, 5.41) is 3.58. The minimum atomic E-state index is -4.32. The maximum absolute atomic E-state index is 14.6. The van der Waals surface area contributed by atoms with E-state index in [2.05, 4.69) is 5.32 Å². The zero-order chi connectivity index (χ0) is 33.4. The second-order valence-electron chi connectivity index (χ2n) is 11.1. The van der Waals surface area contributed by atoms with Crippen molar-refractivity contribution in [2.45, 2.75) is 57.1 Å². The van der Waals surface area contributed by atoms with Gasteiger partial charge >= 0.3 is 0 Å². The van der Waals surface area contributed by atoms with Gasteiger partial charge in [0.25, 0.3) is 10.0 Å². The fourth-order valence-electron chi connectivity index (χ4n) is 4.86. The van der Waals surface area contributed by atoms with Gasteiger partial charge in [0.1, 0.15) is 12.6 Å². The van der Waals surface area contributed by atoms with Gasteiger partial charge in [-0.15, -0.1) is 0 Å². The number of anilines is 1. The van der Waals surface area contributed by atoms with Crippen molar-refractivity contribution < 1.29 is 18.0 Å². The number of aryl methyl sites for hydroxylation is 1. The number of carbonyl (C=O) groups excluding carboxylic acids is 2. The zero-order valence-corrected chi connectivity index (χ0v) is 28.9. The number of sulfonamides is 1. The SMILES string of the molecule is CCC(C)NC(=O)C(Cc1ccccc1)N(Cc1cccc(Cl)c1)C(=O)CN(c1cccc(Cl)c1Cl)S(=O)(=O)c1ccc(C)cc1. The van der Waals surface area contributed by atoms with Crippen LogP contribution in [-0.4, -0.2) is 43.8 Å². The third kappa shape index (κ3) is 8.82. The number of rotatable bonds is 13.